The van der Waals surface area contributed by atoms with Crippen molar-refractivity contribution in [3.05, 3.63) is 64.7 Å². The predicted molar refractivity (Wildman–Crippen MR) is 123 cm³/mol. The quantitative estimate of drug-likeness (QED) is 0.591. The van der Waals surface area contributed by atoms with Gasteiger partial charge in [0.1, 0.15) is 6.04 Å². The number of aliphatic hydroxyl groups excluding tert-OH is 1. The summed E-state index contributed by atoms with van der Waals surface area (Å²) in [6.07, 6.45) is 2.28. The van der Waals surface area contributed by atoms with Gasteiger partial charge in [-0.05, 0) is 55.0 Å². The highest BCUT2D eigenvalue weighted by Gasteiger charge is 2.40. The van der Waals surface area contributed by atoms with Crippen LogP contribution < -0.4 is 10.6 Å². The molecule has 1 fully saturated rings. The maximum Gasteiger partial charge on any atom is 0.243 e. The van der Waals surface area contributed by atoms with Gasteiger partial charge in [0.2, 0.25) is 21.8 Å². The zero-order valence-electron chi connectivity index (χ0n) is 18.6. The standard InChI is InChI=1S/C24H29N3O5S/c1-16-5-8-19(9-6-16)33(31,32)27-12-11-25-24(30)22(27)14-23(29)26-21-4-2-3-18-13-17(15-28)7-10-20(18)21/h5-10,13,21-22,28H,2-4,11-12,14-15H2,1H3,(H,25,30)(H,26,29)/t21-,22-/m1/s1. The molecule has 0 unspecified atom stereocenters. The summed E-state index contributed by atoms with van der Waals surface area (Å²) in [6, 6.07) is 10.9. The van der Waals surface area contributed by atoms with Crippen LogP contribution in [0.25, 0.3) is 0 Å². The molecule has 9 heteroatoms. The number of rotatable bonds is 6. The molecule has 3 N–H and O–H groups in total. The van der Waals surface area contributed by atoms with Gasteiger partial charge in [-0.3, -0.25) is 9.59 Å². The fourth-order valence-corrected chi connectivity index (χ4v) is 6.15. The maximum absolute atomic E-state index is 13.2. The Morgan fingerprint density at radius 3 is 2.70 bits per heavy atom. The van der Waals surface area contributed by atoms with E-state index in [1.165, 1.54) is 12.1 Å². The fraction of sp³-hybridized carbons (Fsp3) is 0.417. The van der Waals surface area contributed by atoms with E-state index < -0.39 is 22.0 Å². The van der Waals surface area contributed by atoms with Crippen LogP contribution in [0.15, 0.2) is 47.4 Å². The van der Waals surface area contributed by atoms with E-state index >= 15 is 0 Å². The second-order valence-electron chi connectivity index (χ2n) is 8.64. The number of nitrogens with zero attached hydrogens (tertiary/aromatic N) is 1. The molecule has 33 heavy (non-hydrogen) atoms. The van der Waals surface area contributed by atoms with E-state index in [1.54, 1.807) is 12.1 Å². The minimum Gasteiger partial charge on any atom is -0.392 e. The highest BCUT2D eigenvalue weighted by Crippen LogP contribution is 2.31. The average molecular weight is 472 g/mol. The number of sulfonamides is 1. The first-order valence-electron chi connectivity index (χ1n) is 11.2. The Morgan fingerprint density at radius 2 is 1.97 bits per heavy atom. The third-order valence-corrected chi connectivity index (χ3v) is 8.25. The molecule has 2 amide bonds. The number of hydrogen-bond donors (Lipinski definition) is 3. The van der Waals surface area contributed by atoms with Gasteiger partial charge in [-0.1, -0.05) is 35.9 Å². The van der Waals surface area contributed by atoms with E-state index in [2.05, 4.69) is 10.6 Å². The number of hydrogen-bond acceptors (Lipinski definition) is 5. The number of nitrogens with one attached hydrogen (secondary N) is 2. The summed E-state index contributed by atoms with van der Waals surface area (Å²) in [5.74, 6) is -0.839. The van der Waals surface area contributed by atoms with Crippen LogP contribution in [-0.2, 0) is 32.6 Å². The van der Waals surface area contributed by atoms with E-state index in [1.807, 2.05) is 25.1 Å². The van der Waals surface area contributed by atoms with Crippen LogP contribution in [0.3, 0.4) is 0 Å². The number of carbonyl (C=O) groups is 2. The van der Waals surface area contributed by atoms with Gasteiger partial charge in [-0.15, -0.1) is 0 Å². The zero-order chi connectivity index (χ0) is 23.6. The van der Waals surface area contributed by atoms with Crippen LogP contribution in [0.4, 0.5) is 0 Å². The molecule has 0 bridgehead atoms. The first-order valence-corrected chi connectivity index (χ1v) is 12.6. The molecule has 1 heterocycles. The van der Waals surface area contributed by atoms with Crippen LogP contribution in [0.5, 0.6) is 0 Å². The molecule has 2 aromatic rings. The lowest BCUT2D eigenvalue weighted by Gasteiger charge is -2.34. The fourth-order valence-electron chi connectivity index (χ4n) is 4.57. The van der Waals surface area contributed by atoms with Gasteiger partial charge in [-0.2, -0.15) is 4.31 Å². The molecule has 0 radical (unpaired) electrons. The Balaban J connectivity index is 1.51. The molecular weight excluding hydrogens is 442 g/mol. The molecule has 1 aliphatic carbocycles. The van der Waals surface area contributed by atoms with Crippen molar-refractivity contribution in [2.75, 3.05) is 13.1 Å². The largest absolute Gasteiger partial charge is 0.392 e. The van der Waals surface area contributed by atoms with Crippen molar-refractivity contribution in [2.24, 2.45) is 0 Å². The summed E-state index contributed by atoms with van der Waals surface area (Å²) in [5.41, 5.74) is 3.86. The molecule has 0 saturated carbocycles. The van der Waals surface area contributed by atoms with E-state index in [-0.39, 0.29) is 43.0 Å². The number of piperazine rings is 1. The van der Waals surface area contributed by atoms with Gasteiger partial charge >= 0.3 is 0 Å². The lowest BCUT2D eigenvalue weighted by atomic mass is 9.86. The van der Waals surface area contributed by atoms with Crippen LogP contribution in [-0.4, -0.2) is 48.8 Å². The smallest absolute Gasteiger partial charge is 0.243 e. The van der Waals surface area contributed by atoms with Crippen molar-refractivity contribution in [1.29, 1.82) is 0 Å². The number of carbonyl (C=O) groups excluding carboxylic acids is 2. The monoisotopic (exact) mass is 471 g/mol. The van der Waals surface area contributed by atoms with E-state index in [9.17, 15) is 23.1 Å². The molecule has 4 rings (SSSR count). The second-order valence-corrected chi connectivity index (χ2v) is 10.5. The number of benzene rings is 2. The van der Waals surface area contributed by atoms with Crippen molar-refractivity contribution in [1.82, 2.24) is 14.9 Å². The Labute approximate surface area is 194 Å². The highest BCUT2D eigenvalue weighted by atomic mass is 32.2. The Kier molecular flexibility index (Phi) is 6.83. The second kappa shape index (κ2) is 9.62. The van der Waals surface area contributed by atoms with Crippen LogP contribution in [0, 0.1) is 6.92 Å². The van der Waals surface area contributed by atoms with Crippen molar-refractivity contribution in [3.63, 3.8) is 0 Å². The first-order chi connectivity index (χ1) is 15.8. The SMILES string of the molecule is Cc1ccc(S(=O)(=O)N2CCNC(=O)[C@H]2CC(=O)N[C@@H]2CCCc3cc(CO)ccc32)cc1. The first kappa shape index (κ1) is 23.4. The van der Waals surface area contributed by atoms with E-state index in [4.69, 9.17) is 0 Å². The predicted octanol–water partition coefficient (Wildman–Crippen LogP) is 1.56. The van der Waals surface area contributed by atoms with Crippen LogP contribution >= 0.6 is 0 Å². The number of aliphatic hydroxyl groups is 1. The molecule has 0 spiro atoms. The average Bonchev–Trinajstić information content (AvgIpc) is 2.80. The summed E-state index contributed by atoms with van der Waals surface area (Å²) in [7, 11) is -3.93. The lowest BCUT2D eigenvalue weighted by Crippen LogP contribution is -2.58. The van der Waals surface area contributed by atoms with Gasteiger partial charge in [0.15, 0.2) is 0 Å². The summed E-state index contributed by atoms with van der Waals surface area (Å²) in [6.45, 7) is 2.14. The lowest BCUT2D eigenvalue weighted by molar-refractivity contribution is -0.132. The summed E-state index contributed by atoms with van der Waals surface area (Å²) in [5, 5.41) is 15.1. The van der Waals surface area contributed by atoms with E-state index in [0.29, 0.717) is 0 Å². The highest BCUT2D eigenvalue weighted by molar-refractivity contribution is 7.89. The molecule has 8 nitrogen and oxygen atoms in total. The van der Waals surface area contributed by atoms with Crippen LogP contribution in [0.2, 0.25) is 0 Å². The van der Waals surface area contributed by atoms with Gasteiger partial charge in [-0.25, -0.2) is 8.42 Å². The Morgan fingerprint density at radius 1 is 1.21 bits per heavy atom. The molecule has 0 aromatic heterocycles. The number of amides is 2. The molecule has 1 aliphatic heterocycles. The maximum atomic E-state index is 13.2. The Hall–Kier alpha value is -2.75. The van der Waals surface area contributed by atoms with Gasteiger partial charge < -0.3 is 15.7 Å². The summed E-state index contributed by atoms with van der Waals surface area (Å²) in [4.78, 5) is 25.7. The van der Waals surface area contributed by atoms with Crippen molar-refractivity contribution >= 4 is 21.8 Å². The third kappa shape index (κ3) is 4.95. The summed E-state index contributed by atoms with van der Waals surface area (Å²) >= 11 is 0. The van der Waals surface area contributed by atoms with E-state index in [0.717, 1.165) is 45.8 Å². The molecule has 2 aromatic carbocycles. The zero-order valence-corrected chi connectivity index (χ0v) is 19.4. The number of aryl methyl sites for hydroxylation is 2. The molecule has 2 aliphatic rings. The van der Waals surface area contributed by atoms with Crippen molar-refractivity contribution in [2.45, 2.75) is 56.2 Å². The van der Waals surface area contributed by atoms with Crippen LogP contribution in [0.1, 0.15) is 47.6 Å². The molecule has 2 atom stereocenters. The topological polar surface area (TPSA) is 116 Å². The van der Waals surface area contributed by atoms with Crippen molar-refractivity contribution in [3.8, 4) is 0 Å². The Bertz CT molecular complexity index is 1150. The molecule has 176 valence electrons. The minimum atomic E-state index is -3.93. The van der Waals surface area contributed by atoms with Gasteiger partial charge in [0, 0.05) is 13.1 Å². The third-order valence-electron chi connectivity index (χ3n) is 6.33. The molecule has 1 saturated heterocycles. The normalized spacial score (nSPS) is 21.2. The van der Waals surface area contributed by atoms with Crippen molar-refractivity contribution < 1.29 is 23.1 Å². The minimum absolute atomic E-state index is 0.0353. The summed E-state index contributed by atoms with van der Waals surface area (Å²) < 4.78 is 27.6. The molecular formula is C24H29N3O5S. The van der Waals surface area contributed by atoms with Gasteiger partial charge in [0.05, 0.1) is 24.0 Å². The number of fused-ring (bicyclic) bond motifs is 1. The van der Waals surface area contributed by atoms with Gasteiger partial charge in [0.25, 0.3) is 0 Å².